The van der Waals surface area contributed by atoms with E-state index in [9.17, 15) is 18.0 Å². The molecule has 0 aliphatic heterocycles. The van der Waals surface area contributed by atoms with Crippen molar-refractivity contribution in [1.82, 2.24) is 4.57 Å². The van der Waals surface area contributed by atoms with E-state index in [2.05, 4.69) is 31.9 Å². The molecular formula is C16H14Br2F3NO2. The Morgan fingerprint density at radius 1 is 1.12 bits per heavy atom. The Balaban J connectivity index is 2.49. The fourth-order valence-electron chi connectivity index (χ4n) is 2.00. The van der Waals surface area contributed by atoms with E-state index in [1.54, 1.807) is 26.8 Å². The van der Waals surface area contributed by atoms with Gasteiger partial charge in [-0.25, -0.2) is 4.79 Å². The molecule has 3 nitrogen and oxygen atoms in total. The number of rotatable bonds is 1. The number of hydrogen-bond acceptors (Lipinski definition) is 2. The van der Waals surface area contributed by atoms with Crippen LogP contribution in [0.1, 0.15) is 26.3 Å². The number of halogens is 5. The summed E-state index contributed by atoms with van der Waals surface area (Å²) in [4.78, 5) is 12.3. The van der Waals surface area contributed by atoms with Crippen LogP contribution >= 0.6 is 31.9 Å². The maximum absolute atomic E-state index is 12.8. The molecule has 130 valence electrons. The van der Waals surface area contributed by atoms with Crippen LogP contribution in [0, 0.1) is 0 Å². The number of aromatic nitrogens is 1. The van der Waals surface area contributed by atoms with Crippen molar-refractivity contribution in [2.24, 2.45) is 0 Å². The van der Waals surface area contributed by atoms with Gasteiger partial charge in [-0.05, 0) is 54.9 Å². The highest BCUT2D eigenvalue weighted by Gasteiger charge is 2.31. The van der Waals surface area contributed by atoms with E-state index in [0.29, 0.717) is 15.7 Å². The zero-order valence-electron chi connectivity index (χ0n) is 13.0. The summed E-state index contributed by atoms with van der Waals surface area (Å²) in [5, 5.41) is 0. The Morgan fingerprint density at radius 2 is 1.75 bits per heavy atom. The summed E-state index contributed by atoms with van der Waals surface area (Å²) in [5.41, 5.74) is -0.605. The molecule has 2 rings (SSSR count). The molecule has 0 N–H and O–H groups in total. The molecule has 8 heteroatoms. The topological polar surface area (TPSA) is 31.2 Å². The molecule has 1 aromatic carbocycles. The highest BCUT2D eigenvalue weighted by molar-refractivity contribution is 9.10. The van der Waals surface area contributed by atoms with E-state index in [-0.39, 0.29) is 4.47 Å². The molecule has 0 fully saturated rings. The fourth-order valence-corrected chi connectivity index (χ4v) is 3.00. The molecule has 0 spiro atoms. The zero-order chi connectivity index (χ0) is 18.3. The molecule has 0 bridgehead atoms. The second-order valence-corrected chi connectivity index (χ2v) is 7.86. The molecule has 1 aromatic heterocycles. The molecule has 24 heavy (non-hydrogen) atoms. The minimum absolute atomic E-state index is 0.229. The summed E-state index contributed by atoms with van der Waals surface area (Å²) >= 11 is 6.42. The van der Waals surface area contributed by atoms with Crippen LogP contribution in [0.5, 0.6) is 0 Å². The maximum atomic E-state index is 12.8. The van der Waals surface area contributed by atoms with Crippen molar-refractivity contribution in [3.8, 4) is 11.3 Å². The fraction of sp³-hybridized carbons (Fsp3) is 0.312. The van der Waals surface area contributed by atoms with Crippen LogP contribution in [-0.2, 0) is 10.9 Å². The first-order valence-electron chi connectivity index (χ1n) is 6.87. The van der Waals surface area contributed by atoms with Gasteiger partial charge in [-0.1, -0.05) is 22.0 Å². The van der Waals surface area contributed by atoms with Crippen LogP contribution in [0.25, 0.3) is 11.3 Å². The predicted octanol–water partition coefficient (Wildman–Crippen LogP) is 6.48. The monoisotopic (exact) mass is 467 g/mol. The Morgan fingerprint density at radius 3 is 2.25 bits per heavy atom. The lowest BCUT2D eigenvalue weighted by molar-refractivity contribution is -0.137. The van der Waals surface area contributed by atoms with Gasteiger partial charge < -0.3 is 4.74 Å². The quantitative estimate of drug-likeness (QED) is 0.479. The first-order valence-corrected chi connectivity index (χ1v) is 8.45. The van der Waals surface area contributed by atoms with Gasteiger partial charge in [0.25, 0.3) is 0 Å². The molecule has 0 atom stereocenters. The molecule has 2 aromatic rings. The summed E-state index contributed by atoms with van der Waals surface area (Å²) in [6.45, 7) is 5.20. The normalized spacial score (nSPS) is 12.3. The second kappa shape index (κ2) is 6.55. The Kier molecular flexibility index (Phi) is 5.20. The molecule has 1 heterocycles. The van der Waals surface area contributed by atoms with Crippen molar-refractivity contribution in [2.75, 3.05) is 0 Å². The van der Waals surface area contributed by atoms with Crippen LogP contribution in [0.3, 0.4) is 0 Å². The summed E-state index contributed by atoms with van der Waals surface area (Å²) in [6, 6.07) is 4.91. The predicted molar refractivity (Wildman–Crippen MR) is 91.9 cm³/mol. The molecule has 0 unspecified atom stereocenters. The molecule has 0 aliphatic carbocycles. The lowest BCUT2D eigenvalue weighted by atomic mass is 10.1. The summed E-state index contributed by atoms with van der Waals surface area (Å²) < 4.78 is 45.8. The van der Waals surface area contributed by atoms with E-state index < -0.39 is 23.4 Å². The molecule has 0 saturated carbocycles. The van der Waals surface area contributed by atoms with Gasteiger partial charge in [0, 0.05) is 20.7 Å². The van der Waals surface area contributed by atoms with E-state index >= 15 is 0 Å². The van der Waals surface area contributed by atoms with E-state index in [1.165, 1.54) is 16.8 Å². The average Bonchev–Trinajstić information content (AvgIpc) is 2.77. The maximum Gasteiger partial charge on any atom is 0.419 e. The summed E-state index contributed by atoms with van der Waals surface area (Å²) in [7, 11) is 0. The molecule has 0 amide bonds. The standard InChI is InChI=1S/C16H14Br2F3NO2/c1-15(2,3)24-14(23)22-8-10(17)7-13(22)11-5-4-9(6-12(11)18)16(19,20)21/h4-8H,1-3H3. The summed E-state index contributed by atoms with van der Waals surface area (Å²) in [6.07, 6.45) is -3.54. The smallest absolute Gasteiger partial charge is 0.419 e. The van der Waals surface area contributed by atoms with Crippen LogP contribution < -0.4 is 0 Å². The number of benzene rings is 1. The van der Waals surface area contributed by atoms with Gasteiger partial charge in [0.15, 0.2) is 0 Å². The summed E-state index contributed by atoms with van der Waals surface area (Å²) in [5.74, 6) is 0. The van der Waals surface area contributed by atoms with Crippen LogP contribution in [-0.4, -0.2) is 16.3 Å². The van der Waals surface area contributed by atoms with Crippen LogP contribution in [0.15, 0.2) is 39.4 Å². The SMILES string of the molecule is CC(C)(C)OC(=O)n1cc(Br)cc1-c1ccc(C(F)(F)F)cc1Br. The van der Waals surface area contributed by atoms with Crippen molar-refractivity contribution in [3.05, 3.63) is 45.0 Å². The highest BCUT2D eigenvalue weighted by atomic mass is 79.9. The van der Waals surface area contributed by atoms with Crippen molar-refractivity contribution in [2.45, 2.75) is 32.5 Å². The van der Waals surface area contributed by atoms with Crippen LogP contribution in [0.4, 0.5) is 18.0 Å². The first kappa shape index (κ1) is 19.1. The number of alkyl halides is 3. The first-order chi connectivity index (χ1) is 10.9. The largest absolute Gasteiger partial charge is 0.443 e. The molecule has 0 saturated heterocycles. The number of hydrogen-bond donors (Lipinski definition) is 0. The minimum atomic E-state index is -4.44. The Hall–Kier alpha value is -1.28. The van der Waals surface area contributed by atoms with E-state index in [4.69, 9.17) is 4.74 Å². The van der Waals surface area contributed by atoms with Gasteiger partial charge in [0.1, 0.15) is 5.60 Å². The number of ether oxygens (including phenoxy) is 1. The van der Waals surface area contributed by atoms with Gasteiger partial charge in [-0.15, -0.1) is 0 Å². The van der Waals surface area contributed by atoms with E-state index in [0.717, 1.165) is 12.1 Å². The zero-order valence-corrected chi connectivity index (χ0v) is 16.2. The lowest BCUT2D eigenvalue weighted by Gasteiger charge is -2.20. The minimum Gasteiger partial charge on any atom is -0.443 e. The number of carbonyl (C=O) groups excluding carboxylic acids is 1. The van der Waals surface area contributed by atoms with Crippen molar-refractivity contribution < 1.29 is 22.7 Å². The Labute approximate surface area is 154 Å². The van der Waals surface area contributed by atoms with Crippen molar-refractivity contribution in [1.29, 1.82) is 0 Å². The van der Waals surface area contributed by atoms with Gasteiger partial charge in [-0.2, -0.15) is 13.2 Å². The number of carbonyl (C=O) groups is 1. The van der Waals surface area contributed by atoms with Gasteiger partial charge in [-0.3, -0.25) is 4.57 Å². The lowest BCUT2D eigenvalue weighted by Crippen LogP contribution is -2.27. The highest BCUT2D eigenvalue weighted by Crippen LogP contribution is 2.37. The van der Waals surface area contributed by atoms with Crippen molar-refractivity contribution in [3.63, 3.8) is 0 Å². The Bertz CT molecular complexity index is 777. The van der Waals surface area contributed by atoms with Gasteiger partial charge >= 0.3 is 12.3 Å². The molecular weight excluding hydrogens is 455 g/mol. The third-order valence-corrected chi connectivity index (χ3v) is 4.04. The third-order valence-electron chi connectivity index (χ3n) is 2.95. The van der Waals surface area contributed by atoms with Crippen molar-refractivity contribution >= 4 is 38.0 Å². The third kappa shape index (κ3) is 4.42. The molecule has 0 radical (unpaired) electrons. The van der Waals surface area contributed by atoms with Crippen LogP contribution in [0.2, 0.25) is 0 Å². The van der Waals surface area contributed by atoms with Gasteiger partial charge in [0.05, 0.1) is 11.3 Å². The molecule has 0 aliphatic rings. The average molecular weight is 469 g/mol. The van der Waals surface area contributed by atoms with Gasteiger partial charge in [0.2, 0.25) is 0 Å². The number of nitrogens with zero attached hydrogens (tertiary/aromatic N) is 1. The van der Waals surface area contributed by atoms with E-state index in [1.807, 2.05) is 0 Å². The second-order valence-electron chi connectivity index (χ2n) is 6.09.